The second-order valence-corrected chi connectivity index (χ2v) is 5.63. The van der Waals surface area contributed by atoms with Crippen molar-refractivity contribution >= 4 is 11.8 Å². The lowest BCUT2D eigenvalue weighted by Crippen LogP contribution is -2.32. The summed E-state index contributed by atoms with van der Waals surface area (Å²) in [6, 6.07) is 0. The van der Waals surface area contributed by atoms with E-state index in [2.05, 4.69) is 0 Å². The summed E-state index contributed by atoms with van der Waals surface area (Å²) in [6.45, 7) is 0. The first-order valence-corrected chi connectivity index (χ1v) is 6.75. The normalized spacial score (nSPS) is 44.1. The van der Waals surface area contributed by atoms with Crippen molar-refractivity contribution in [3.8, 4) is 0 Å². The average Bonchev–Trinajstić information content (AvgIpc) is 2.65. The summed E-state index contributed by atoms with van der Waals surface area (Å²) in [4.78, 5) is 0. The second kappa shape index (κ2) is 4.86. The first-order chi connectivity index (χ1) is 6.81. The largest absolute Gasteiger partial charge is 0.392 e. The van der Waals surface area contributed by atoms with Crippen molar-refractivity contribution in [2.75, 3.05) is 18.6 Å². The van der Waals surface area contributed by atoms with Gasteiger partial charge in [-0.1, -0.05) is 6.42 Å². The highest BCUT2D eigenvalue weighted by Gasteiger charge is 2.35. The molecule has 2 aliphatic rings. The van der Waals surface area contributed by atoms with Gasteiger partial charge in [0.2, 0.25) is 0 Å². The molecule has 2 nitrogen and oxygen atoms in total. The van der Waals surface area contributed by atoms with Gasteiger partial charge in [-0.25, -0.2) is 0 Å². The van der Waals surface area contributed by atoms with Crippen molar-refractivity contribution in [2.24, 2.45) is 11.8 Å². The Morgan fingerprint density at radius 1 is 1.29 bits per heavy atom. The molecule has 1 saturated carbocycles. The zero-order valence-corrected chi connectivity index (χ0v) is 9.63. The van der Waals surface area contributed by atoms with E-state index in [0.717, 1.165) is 11.5 Å². The Kier molecular flexibility index (Phi) is 3.74. The molecule has 1 heterocycles. The Hall–Kier alpha value is 0.270. The topological polar surface area (TPSA) is 29.5 Å². The lowest BCUT2D eigenvalue weighted by molar-refractivity contribution is 0.0189. The number of thioether (sulfide) groups is 1. The summed E-state index contributed by atoms with van der Waals surface area (Å²) < 4.78 is 5.43. The molecule has 1 saturated heterocycles. The van der Waals surface area contributed by atoms with E-state index in [1.807, 2.05) is 18.9 Å². The number of hydrogen-bond donors (Lipinski definition) is 1. The number of aliphatic hydroxyl groups excluding tert-OH is 1. The number of rotatable bonds is 2. The van der Waals surface area contributed by atoms with Gasteiger partial charge in [0, 0.05) is 12.9 Å². The summed E-state index contributed by atoms with van der Waals surface area (Å²) in [5, 5.41) is 9.84. The van der Waals surface area contributed by atoms with Gasteiger partial charge in [0.1, 0.15) is 0 Å². The second-order valence-electron chi connectivity index (χ2n) is 4.55. The highest BCUT2D eigenvalue weighted by molar-refractivity contribution is 7.99. The van der Waals surface area contributed by atoms with Gasteiger partial charge in [-0.3, -0.25) is 0 Å². The van der Waals surface area contributed by atoms with Crippen LogP contribution >= 0.6 is 11.8 Å². The van der Waals surface area contributed by atoms with E-state index in [4.69, 9.17) is 4.74 Å². The molecule has 1 N–H and O–H groups in total. The van der Waals surface area contributed by atoms with Gasteiger partial charge in [0.15, 0.2) is 0 Å². The Morgan fingerprint density at radius 2 is 2.14 bits per heavy atom. The smallest absolute Gasteiger partial charge is 0.0669 e. The monoisotopic (exact) mass is 216 g/mol. The van der Waals surface area contributed by atoms with E-state index >= 15 is 0 Å². The van der Waals surface area contributed by atoms with Crippen molar-refractivity contribution in [3.63, 3.8) is 0 Å². The standard InChI is InChI=1S/C11H20O2S/c1-13-9-4-2-3-8(5-9)10-6-14-7-11(10)12/h8-12H,2-7H2,1H3. The van der Waals surface area contributed by atoms with Gasteiger partial charge in [0.25, 0.3) is 0 Å². The molecular weight excluding hydrogens is 196 g/mol. The first kappa shape index (κ1) is 10.8. The molecular formula is C11H20O2S. The van der Waals surface area contributed by atoms with E-state index in [1.165, 1.54) is 25.7 Å². The SMILES string of the molecule is COC1CCCC(C2CSCC2O)C1. The maximum atomic E-state index is 9.84. The van der Waals surface area contributed by atoms with Gasteiger partial charge in [-0.2, -0.15) is 11.8 Å². The predicted octanol–water partition coefficient (Wildman–Crippen LogP) is 1.92. The molecule has 0 amide bonds. The molecule has 82 valence electrons. The molecule has 4 unspecified atom stereocenters. The fraction of sp³-hybridized carbons (Fsp3) is 1.00. The summed E-state index contributed by atoms with van der Waals surface area (Å²) in [5.74, 6) is 3.35. The Balaban J connectivity index is 1.90. The Morgan fingerprint density at radius 3 is 2.79 bits per heavy atom. The first-order valence-electron chi connectivity index (χ1n) is 5.60. The molecule has 0 aromatic rings. The predicted molar refractivity (Wildman–Crippen MR) is 59.6 cm³/mol. The van der Waals surface area contributed by atoms with E-state index < -0.39 is 0 Å². The molecule has 1 aliphatic carbocycles. The van der Waals surface area contributed by atoms with Crippen molar-refractivity contribution in [3.05, 3.63) is 0 Å². The Labute approximate surface area is 90.4 Å². The summed E-state index contributed by atoms with van der Waals surface area (Å²) >= 11 is 1.90. The zero-order valence-electron chi connectivity index (χ0n) is 8.82. The maximum Gasteiger partial charge on any atom is 0.0669 e. The summed E-state index contributed by atoms with van der Waals surface area (Å²) in [5.41, 5.74) is 0. The maximum absolute atomic E-state index is 9.84. The Bertz CT molecular complexity index is 186. The minimum Gasteiger partial charge on any atom is -0.392 e. The van der Waals surface area contributed by atoms with Gasteiger partial charge in [0.05, 0.1) is 12.2 Å². The van der Waals surface area contributed by atoms with E-state index in [1.54, 1.807) is 0 Å². The van der Waals surface area contributed by atoms with Crippen LogP contribution in [0.2, 0.25) is 0 Å². The van der Waals surface area contributed by atoms with Gasteiger partial charge in [-0.15, -0.1) is 0 Å². The molecule has 0 aromatic carbocycles. The molecule has 0 aromatic heterocycles. The lowest BCUT2D eigenvalue weighted by Gasteiger charge is -2.33. The van der Waals surface area contributed by atoms with Crippen LogP contribution in [0.1, 0.15) is 25.7 Å². The number of ether oxygens (including phenoxy) is 1. The van der Waals surface area contributed by atoms with Crippen LogP contribution in [0, 0.1) is 11.8 Å². The molecule has 1 aliphatic heterocycles. The minimum absolute atomic E-state index is 0.0550. The van der Waals surface area contributed by atoms with E-state index in [-0.39, 0.29) is 6.10 Å². The highest BCUT2D eigenvalue weighted by Crippen LogP contribution is 2.38. The van der Waals surface area contributed by atoms with Crippen LogP contribution in [0.5, 0.6) is 0 Å². The van der Waals surface area contributed by atoms with Crippen molar-refractivity contribution in [1.82, 2.24) is 0 Å². The van der Waals surface area contributed by atoms with Crippen molar-refractivity contribution in [1.29, 1.82) is 0 Å². The van der Waals surface area contributed by atoms with Crippen molar-refractivity contribution < 1.29 is 9.84 Å². The zero-order chi connectivity index (χ0) is 9.97. The molecule has 2 fully saturated rings. The fourth-order valence-electron chi connectivity index (χ4n) is 2.79. The van der Waals surface area contributed by atoms with Gasteiger partial charge >= 0.3 is 0 Å². The van der Waals surface area contributed by atoms with Crippen LogP contribution in [0.4, 0.5) is 0 Å². The van der Waals surface area contributed by atoms with Crippen LogP contribution < -0.4 is 0 Å². The number of methoxy groups -OCH3 is 1. The number of hydrogen-bond acceptors (Lipinski definition) is 3. The average molecular weight is 216 g/mol. The summed E-state index contributed by atoms with van der Waals surface area (Å²) in [6.07, 6.45) is 5.34. The van der Waals surface area contributed by atoms with Crippen LogP contribution in [-0.4, -0.2) is 35.9 Å². The molecule has 3 heteroatoms. The third-order valence-corrected chi connectivity index (χ3v) is 4.90. The molecule has 2 rings (SSSR count). The van der Waals surface area contributed by atoms with Gasteiger partial charge in [-0.05, 0) is 36.9 Å². The minimum atomic E-state index is -0.0550. The molecule has 0 radical (unpaired) electrons. The third kappa shape index (κ3) is 2.26. The molecule has 4 atom stereocenters. The van der Waals surface area contributed by atoms with Crippen LogP contribution in [0.25, 0.3) is 0 Å². The van der Waals surface area contributed by atoms with Crippen LogP contribution in [0.15, 0.2) is 0 Å². The van der Waals surface area contributed by atoms with Crippen molar-refractivity contribution in [2.45, 2.75) is 37.9 Å². The lowest BCUT2D eigenvalue weighted by atomic mass is 9.77. The fourth-order valence-corrected chi connectivity index (χ4v) is 4.19. The summed E-state index contributed by atoms with van der Waals surface area (Å²) in [7, 11) is 1.81. The van der Waals surface area contributed by atoms with Crippen LogP contribution in [0.3, 0.4) is 0 Å². The quantitative estimate of drug-likeness (QED) is 0.764. The van der Waals surface area contributed by atoms with E-state index in [0.29, 0.717) is 17.9 Å². The molecule has 0 spiro atoms. The molecule has 0 bridgehead atoms. The highest BCUT2D eigenvalue weighted by atomic mass is 32.2. The third-order valence-electron chi connectivity index (χ3n) is 3.70. The van der Waals surface area contributed by atoms with E-state index in [9.17, 15) is 5.11 Å². The van der Waals surface area contributed by atoms with Crippen LogP contribution in [-0.2, 0) is 4.74 Å². The number of aliphatic hydroxyl groups is 1. The van der Waals surface area contributed by atoms with Gasteiger partial charge < -0.3 is 9.84 Å². The molecule has 14 heavy (non-hydrogen) atoms.